The molecule has 0 aliphatic rings. The van der Waals surface area contributed by atoms with Crippen LogP contribution in [0.25, 0.3) is 10.8 Å². The lowest BCUT2D eigenvalue weighted by Crippen LogP contribution is -1.91. The Morgan fingerprint density at radius 3 is 2.56 bits per heavy atom. The van der Waals surface area contributed by atoms with Crippen molar-refractivity contribution in [2.24, 2.45) is 0 Å². The van der Waals surface area contributed by atoms with E-state index in [0.29, 0.717) is 0 Å². The first-order chi connectivity index (χ1) is 7.68. The van der Waals surface area contributed by atoms with Crippen molar-refractivity contribution in [3.05, 3.63) is 42.0 Å². The molecular weight excluding hydrogens is 224 g/mol. The molecule has 3 nitrogen and oxygen atoms in total. The van der Waals surface area contributed by atoms with Gasteiger partial charge >= 0.3 is 6.16 Å². The molecule has 0 aliphatic heterocycles. The average Bonchev–Trinajstić information content (AvgIpc) is 2.28. The summed E-state index contributed by atoms with van der Waals surface area (Å²) in [6.07, 6.45) is -1.28. The van der Waals surface area contributed by atoms with Crippen molar-refractivity contribution in [1.82, 2.24) is 0 Å². The second-order valence-corrected chi connectivity index (χ2v) is 4.13. The third kappa shape index (κ3) is 2.12. The lowest BCUT2D eigenvalue weighted by molar-refractivity contribution is 0.153. The van der Waals surface area contributed by atoms with Crippen molar-refractivity contribution in [2.45, 2.75) is 11.8 Å². The molecule has 0 bridgehead atoms. The smallest absolute Gasteiger partial charge is 0.449 e. The molecule has 0 fully saturated rings. The van der Waals surface area contributed by atoms with Gasteiger partial charge in [-0.05, 0) is 29.3 Å². The van der Waals surface area contributed by atoms with Crippen LogP contribution in [-0.2, 0) is 4.18 Å². The predicted octanol–water partition coefficient (Wildman–Crippen LogP) is 3.85. The molecule has 16 heavy (non-hydrogen) atoms. The van der Waals surface area contributed by atoms with Gasteiger partial charge in [-0.1, -0.05) is 30.3 Å². The highest BCUT2D eigenvalue weighted by Crippen LogP contribution is 2.30. The zero-order valence-corrected chi connectivity index (χ0v) is 9.45. The summed E-state index contributed by atoms with van der Waals surface area (Å²) in [7, 11) is 0. The van der Waals surface area contributed by atoms with E-state index in [4.69, 9.17) is 5.11 Å². The van der Waals surface area contributed by atoms with Gasteiger partial charge < -0.3 is 9.29 Å². The van der Waals surface area contributed by atoms with Gasteiger partial charge in [-0.3, -0.25) is 0 Å². The van der Waals surface area contributed by atoms with Crippen LogP contribution in [0.2, 0.25) is 0 Å². The zero-order chi connectivity index (χ0) is 11.5. The van der Waals surface area contributed by atoms with E-state index >= 15 is 0 Å². The van der Waals surface area contributed by atoms with Gasteiger partial charge in [-0.25, -0.2) is 4.79 Å². The van der Waals surface area contributed by atoms with Gasteiger partial charge in [0, 0.05) is 0 Å². The fraction of sp³-hybridized carbons (Fsp3) is 0.0833. The number of benzene rings is 2. The Hall–Kier alpha value is -1.68. The highest BCUT2D eigenvalue weighted by atomic mass is 32.2. The van der Waals surface area contributed by atoms with Crippen molar-refractivity contribution in [3.8, 4) is 0 Å². The van der Waals surface area contributed by atoms with E-state index in [1.165, 1.54) is 0 Å². The van der Waals surface area contributed by atoms with E-state index in [0.717, 1.165) is 33.3 Å². The maximum absolute atomic E-state index is 10.3. The molecule has 2 rings (SSSR count). The molecule has 0 aliphatic carbocycles. The number of fused-ring (bicyclic) bond motifs is 1. The molecule has 0 atom stereocenters. The van der Waals surface area contributed by atoms with E-state index in [-0.39, 0.29) is 0 Å². The molecule has 0 saturated heterocycles. The maximum Gasteiger partial charge on any atom is 0.518 e. The molecule has 1 N–H and O–H groups in total. The number of aryl methyl sites for hydroxylation is 1. The van der Waals surface area contributed by atoms with Crippen LogP contribution >= 0.6 is 12.0 Å². The summed E-state index contributed by atoms with van der Waals surface area (Å²) in [6.45, 7) is 2.02. The van der Waals surface area contributed by atoms with Gasteiger partial charge in [0.15, 0.2) is 0 Å². The molecule has 2 aromatic rings. The summed E-state index contributed by atoms with van der Waals surface area (Å²) < 4.78 is 4.51. The van der Waals surface area contributed by atoms with E-state index in [9.17, 15) is 4.79 Å². The summed E-state index contributed by atoms with van der Waals surface area (Å²) >= 11 is 0.867. The van der Waals surface area contributed by atoms with Crippen LogP contribution in [0, 0.1) is 6.92 Å². The molecule has 82 valence electrons. The molecule has 0 unspecified atom stereocenters. The van der Waals surface area contributed by atoms with Crippen molar-refractivity contribution < 1.29 is 14.1 Å². The third-order valence-electron chi connectivity index (χ3n) is 2.30. The summed E-state index contributed by atoms with van der Waals surface area (Å²) in [5.41, 5.74) is 1.16. The number of carboxylic acid groups (broad SMARTS) is 1. The standard InChI is InChI=1S/C12H10O3S/c1-8-6-7-11(16-15-12(13)14)10-5-3-2-4-9(8)10/h2-7H,1H3,(H,13,14). The number of carbonyl (C=O) groups is 1. The van der Waals surface area contributed by atoms with Gasteiger partial charge in [0.25, 0.3) is 0 Å². The molecule has 0 amide bonds. The van der Waals surface area contributed by atoms with Crippen LogP contribution in [0.3, 0.4) is 0 Å². The quantitative estimate of drug-likeness (QED) is 0.802. The fourth-order valence-electron chi connectivity index (χ4n) is 1.58. The predicted molar refractivity (Wildman–Crippen MR) is 63.7 cm³/mol. The molecule has 0 heterocycles. The Morgan fingerprint density at radius 2 is 1.88 bits per heavy atom. The maximum atomic E-state index is 10.3. The topological polar surface area (TPSA) is 46.5 Å². The summed E-state index contributed by atoms with van der Waals surface area (Å²) in [4.78, 5) is 11.1. The minimum Gasteiger partial charge on any atom is -0.449 e. The molecule has 0 aromatic heterocycles. The minimum absolute atomic E-state index is 0.809. The van der Waals surface area contributed by atoms with Gasteiger partial charge in [0.1, 0.15) is 12.0 Å². The Bertz CT molecular complexity index is 537. The third-order valence-corrected chi connectivity index (χ3v) is 3.07. The summed E-state index contributed by atoms with van der Waals surface area (Å²) in [5, 5.41) is 10.6. The van der Waals surface area contributed by atoms with Crippen LogP contribution in [0.15, 0.2) is 41.3 Å². The van der Waals surface area contributed by atoms with Gasteiger partial charge in [0.2, 0.25) is 0 Å². The highest BCUT2D eigenvalue weighted by Gasteiger charge is 2.06. The van der Waals surface area contributed by atoms with E-state index in [1.54, 1.807) is 0 Å². The second-order valence-electron chi connectivity index (χ2n) is 3.36. The first-order valence-corrected chi connectivity index (χ1v) is 5.48. The normalized spacial score (nSPS) is 10.3. The van der Waals surface area contributed by atoms with Gasteiger partial charge in [-0.15, -0.1) is 0 Å². The average molecular weight is 234 g/mol. The van der Waals surface area contributed by atoms with Crippen LogP contribution in [0.5, 0.6) is 0 Å². The summed E-state index contributed by atoms with van der Waals surface area (Å²) in [6, 6.07) is 11.7. The van der Waals surface area contributed by atoms with Crippen molar-refractivity contribution in [3.63, 3.8) is 0 Å². The Labute approximate surface area is 97.2 Å². The molecule has 4 heteroatoms. The largest absolute Gasteiger partial charge is 0.518 e. The first-order valence-electron chi connectivity index (χ1n) is 4.74. The monoisotopic (exact) mass is 234 g/mol. The lowest BCUT2D eigenvalue weighted by atomic mass is 10.1. The van der Waals surface area contributed by atoms with Gasteiger partial charge in [0.05, 0.1) is 4.90 Å². The SMILES string of the molecule is Cc1ccc(SOC(=O)O)c2ccccc12. The lowest BCUT2D eigenvalue weighted by Gasteiger charge is -2.06. The van der Waals surface area contributed by atoms with Crippen LogP contribution < -0.4 is 0 Å². The molecule has 0 spiro atoms. The van der Waals surface area contributed by atoms with E-state index < -0.39 is 6.16 Å². The Morgan fingerprint density at radius 1 is 1.19 bits per heavy atom. The second kappa shape index (κ2) is 4.45. The van der Waals surface area contributed by atoms with E-state index in [2.05, 4.69) is 4.18 Å². The zero-order valence-electron chi connectivity index (χ0n) is 8.64. The van der Waals surface area contributed by atoms with Crippen LogP contribution in [0.4, 0.5) is 4.79 Å². The highest BCUT2D eigenvalue weighted by molar-refractivity contribution is 7.95. The van der Waals surface area contributed by atoms with E-state index in [1.807, 2.05) is 43.3 Å². The minimum atomic E-state index is -1.28. The number of hydrogen-bond donors (Lipinski definition) is 1. The molecular formula is C12H10O3S. The number of hydrogen-bond acceptors (Lipinski definition) is 3. The summed E-state index contributed by atoms with van der Waals surface area (Å²) in [5.74, 6) is 0. The fourth-order valence-corrected chi connectivity index (χ4v) is 2.13. The first kappa shape index (κ1) is 10.8. The molecule has 0 saturated carbocycles. The van der Waals surface area contributed by atoms with Gasteiger partial charge in [-0.2, -0.15) is 0 Å². The molecule has 2 aromatic carbocycles. The van der Waals surface area contributed by atoms with Crippen molar-refractivity contribution >= 4 is 29.0 Å². The van der Waals surface area contributed by atoms with Crippen molar-refractivity contribution in [2.75, 3.05) is 0 Å². The Balaban J connectivity index is 2.46. The van der Waals surface area contributed by atoms with Crippen LogP contribution in [-0.4, -0.2) is 11.3 Å². The molecule has 0 radical (unpaired) electrons. The van der Waals surface area contributed by atoms with Crippen LogP contribution in [0.1, 0.15) is 5.56 Å². The number of rotatable bonds is 2. The van der Waals surface area contributed by atoms with Crippen molar-refractivity contribution in [1.29, 1.82) is 0 Å². The Kier molecular flexibility index (Phi) is 3.01.